The summed E-state index contributed by atoms with van der Waals surface area (Å²) in [7, 11) is 0. The number of carbonyl (C=O) groups is 2. The molecule has 0 unspecified atom stereocenters. The second-order valence-corrected chi connectivity index (χ2v) is 9.97. The standard InChI is InChI=1S/C30H28FN3O2/c1-3-19-8-12-21(13-9-19)24-17-34-26(35)18-33(16-20-10-14-22(31)15-11-20)29(36)30(34,2)28-27(24)23-6-4-5-7-25(23)32-28/h4-15,24,32H,3,16-18H2,1-2H3/t24-,30-/m0/s1. The summed E-state index contributed by atoms with van der Waals surface area (Å²) in [6.45, 7) is 4.68. The molecule has 4 aromatic rings. The van der Waals surface area contributed by atoms with Gasteiger partial charge in [0.1, 0.15) is 12.4 Å². The fourth-order valence-electron chi connectivity index (χ4n) is 5.90. The Kier molecular flexibility index (Phi) is 5.21. The lowest BCUT2D eigenvalue weighted by Crippen LogP contribution is -2.67. The molecule has 182 valence electrons. The third kappa shape index (κ3) is 3.35. The van der Waals surface area contributed by atoms with Crippen molar-refractivity contribution >= 4 is 22.7 Å². The van der Waals surface area contributed by atoms with Crippen molar-refractivity contribution in [1.29, 1.82) is 0 Å². The smallest absolute Gasteiger partial charge is 0.255 e. The van der Waals surface area contributed by atoms with Crippen LogP contribution in [0.25, 0.3) is 10.9 Å². The number of halogens is 1. The molecule has 2 amide bonds. The fourth-order valence-corrected chi connectivity index (χ4v) is 5.90. The highest BCUT2D eigenvalue weighted by Crippen LogP contribution is 2.48. The van der Waals surface area contributed by atoms with Gasteiger partial charge in [-0.15, -0.1) is 0 Å². The molecule has 0 bridgehead atoms. The van der Waals surface area contributed by atoms with E-state index in [1.807, 2.05) is 25.1 Å². The number of aryl methyl sites for hydroxylation is 1. The number of carbonyl (C=O) groups excluding carboxylic acids is 2. The van der Waals surface area contributed by atoms with Crippen LogP contribution >= 0.6 is 0 Å². The predicted octanol–water partition coefficient (Wildman–Crippen LogP) is 5.10. The number of rotatable bonds is 4. The van der Waals surface area contributed by atoms with Gasteiger partial charge in [-0.1, -0.05) is 61.5 Å². The molecule has 5 nitrogen and oxygen atoms in total. The van der Waals surface area contributed by atoms with Gasteiger partial charge in [0.05, 0.1) is 5.69 Å². The molecule has 2 aliphatic rings. The molecule has 36 heavy (non-hydrogen) atoms. The average molecular weight is 482 g/mol. The monoisotopic (exact) mass is 481 g/mol. The highest BCUT2D eigenvalue weighted by molar-refractivity contribution is 6.01. The Bertz CT molecular complexity index is 1470. The van der Waals surface area contributed by atoms with Crippen molar-refractivity contribution in [3.8, 4) is 0 Å². The SMILES string of the molecule is CCc1ccc([C@@H]2CN3C(=O)CN(Cc4ccc(F)cc4)C(=O)[C@]3(C)c3[nH]c4ccccc4c32)cc1. The van der Waals surface area contributed by atoms with Crippen molar-refractivity contribution in [2.45, 2.75) is 38.3 Å². The van der Waals surface area contributed by atoms with E-state index in [0.29, 0.717) is 6.54 Å². The Balaban J connectivity index is 1.48. The van der Waals surface area contributed by atoms with Gasteiger partial charge in [-0.25, -0.2) is 4.39 Å². The van der Waals surface area contributed by atoms with E-state index >= 15 is 0 Å². The van der Waals surface area contributed by atoms with E-state index in [2.05, 4.69) is 42.2 Å². The van der Waals surface area contributed by atoms with Gasteiger partial charge in [-0.05, 0) is 53.8 Å². The number of amides is 2. The number of hydrogen-bond acceptors (Lipinski definition) is 2. The summed E-state index contributed by atoms with van der Waals surface area (Å²) in [4.78, 5) is 34.6. The van der Waals surface area contributed by atoms with Crippen molar-refractivity contribution in [3.05, 3.63) is 107 Å². The lowest BCUT2D eigenvalue weighted by molar-refractivity contribution is -0.166. The minimum absolute atomic E-state index is 0.00283. The number of nitrogens with zero attached hydrogens (tertiary/aromatic N) is 2. The fraction of sp³-hybridized carbons (Fsp3) is 0.267. The maximum absolute atomic E-state index is 14.1. The zero-order valence-corrected chi connectivity index (χ0v) is 20.4. The van der Waals surface area contributed by atoms with Gasteiger partial charge in [0.15, 0.2) is 5.54 Å². The van der Waals surface area contributed by atoms with E-state index < -0.39 is 5.54 Å². The summed E-state index contributed by atoms with van der Waals surface area (Å²) in [5.74, 6) is -0.584. The van der Waals surface area contributed by atoms with Crippen LogP contribution in [0.4, 0.5) is 4.39 Å². The van der Waals surface area contributed by atoms with E-state index in [1.54, 1.807) is 21.9 Å². The minimum atomic E-state index is -1.15. The molecule has 3 aromatic carbocycles. The second-order valence-electron chi connectivity index (χ2n) is 9.97. The summed E-state index contributed by atoms with van der Waals surface area (Å²) in [5.41, 5.74) is 4.85. The lowest BCUT2D eigenvalue weighted by atomic mass is 9.76. The normalized spacial score (nSPS) is 21.6. The van der Waals surface area contributed by atoms with E-state index in [1.165, 1.54) is 17.7 Å². The summed E-state index contributed by atoms with van der Waals surface area (Å²) in [6.07, 6.45) is 0.963. The van der Waals surface area contributed by atoms with Crippen molar-refractivity contribution in [1.82, 2.24) is 14.8 Å². The van der Waals surface area contributed by atoms with E-state index in [0.717, 1.165) is 39.7 Å². The van der Waals surface area contributed by atoms with Gasteiger partial charge in [-0.2, -0.15) is 0 Å². The quantitative estimate of drug-likeness (QED) is 0.441. The molecular formula is C30H28FN3O2. The molecule has 1 fully saturated rings. The Morgan fingerprint density at radius 1 is 0.972 bits per heavy atom. The maximum Gasteiger partial charge on any atom is 0.255 e. The number of para-hydroxylation sites is 1. The number of aromatic amines is 1. The molecule has 3 heterocycles. The molecule has 1 aromatic heterocycles. The highest BCUT2D eigenvalue weighted by atomic mass is 19.1. The van der Waals surface area contributed by atoms with Crippen molar-refractivity contribution in [2.75, 3.05) is 13.1 Å². The van der Waals surface area contributed by atoms with Crippen LogP contribution in [-0.4, -0.2) is 39.7 Å². The number of fused-ring (bicyclic) bond motifs is 5. The molecule has 2 aliphatic heterocycles. The van der Waals surface area contributed by atoms with Crippen molar-refractivity contribution < 1.29 is 14.0 Å². The molecule has 2 atom stereocenters. The van der Waals surface area contributed by atoms with Crippen LogP contribution in [-0.2, 0) is 28.1 Å². The summed E-state index contributed by atoms with van der Waals surface area (Å²) >= 11 is 0. The van der Waals surface area contributed by atoms with E-state index in [-0.39, 0.29) is 36.6 Å². The van der Waals surface area contributed by atoms with Crippen LogP contribution < -0.4 is 0 Å². The number of nitrogens with one attached hydrogen (secondary N) is 1. The molecule has 1 saturated heterocycles. The summed E-state index contributed by atoms with van der Waals surface area (Å²) < 4.78 is 13.4. The summed E-state index contributed by atoms with van der Waals surface area (Å²) in [5, 5.41) is 1.08. The molecule has 0 radical (unpaired) electrons. The number of aromatic nitrogens is 1. The highest BCUT2D eigenvalue weighted by Gasteiger charge is 2.56. The van der Waals surface area contributed by atoms with E-state index in [4.69, 9.17) is 0 Å². The van der Waals surface area contributed by atoms with Gasteiger partial charge in [0.25, 0.3) is 5.91 Å². The average Bonchev–Trinajstić information content (AvgIpc) is 3.29. The van der Waals surface area contributed by atoms with Crippen molar-refractivity contribution in [3.63, 3.8) is 0 Å². The first-order valence-electron chi connectivity index (χ1n) is 12.4. The maximum atomic E-state index is 14.1. The number of hydrogen-bond donors (Lipinski definition) is 1. The van der Waals surface area contributed by atoms with Crippen LogP contribution in [0.15, 0.2) is 72.8 Å². The van der Waals surface area contributed by atoms with Gasteiger partial charge >= 0.3 is 0 Å². The minimum Gasteiger partial charge on any atom is -0.356 e. The molecule has 6 rings (SSSR count). The van der Waals surface area contributed by atoms with Crippen LogP contribution in [0.1, 0.15) is 47.7 Å². The van der Waals surface area contributed by atoms with Crippen LogP contribution in [0.3, 0.4) is 0 Å². The molecule has 1 N–H and O–H groups in total. The number of benzene rings is 3. The van der Waals surface area contributed by atoms with Crippen LogP contribution in [0.2, 0.25) is 0 Å². The van der Waals surface area contributed by atoms with Gasteiger partial charge < -0.3 is 14.8 Å². The summed E-state index contributed by atoms with van der Waals surface area (Å²) in [6, 6.07) is 22.8. The lowest BCUT2D eigenvalue weighted by Gasteiger charge is -2.51. The van der Waals surface area contributed by atoms with Crippen molar-refractivity contribution in [2.24, 2.45) is 0 Å². The van der Waals surface area contributed by atoms with Gasteiger partial charge in [0.2, 0.25) is 5.91 Å². The largest absolute Gasteiger partial charge is 0.356 e. The van der Waals surface area contributed by atoms with Crippen LogP contribution in [0, 0.1) is 5.82 Å². The van der Waals surface area contributed by atoms with Gasteiger partial charge in [-0.3, -0.25) is 9.59 Å². The first kappa shape index (κ1) is 22.5. The first-order valence-corrected chi connectivity index (χ1v) is 12.4. The third-order valence-electron chi connectivity index (χ3n) is 7.89. The molecular weight excluding hydrogens is 453 g/mol. The first-order chi connectivity index (χ1) is 17.4. The van der Waals surface area contributed by atoms with Crippen LogP contribution in [0.5, 0.6) is 0 Å². The molecule has 0 saturated carbocycles. The Labute approximate surface area is 209 Å². The van der Waals surface area contributed by atoms with Gasteiger partial charge in [0, 0.05) is 29.9 Å². The Morgan fingerprint density at radius 2 is 1.67 bits per heavy atom. The van der Waals surface area contributed by atoms with E-state index in [9.17, 15) is 14.0 Å². The Morgan fingerprint density at radius 3 is 2.39 bits per heavy atom. The number of H-pyrrole nitrogens is 1. The zero-order valence-electron chi connectivity index (χ0n) is 20.4. The number of piperazine rings is 1. The predicted molar refractivity (Wildman–Crippen MR) is 137 cm³/mol. The molecule has 0 aliphatic carbocycles. The topological polar surface area (TPSA) is 56.4 Å². The third-order valence-corrected chi connectivity index (χ3v) is 7.89. The zero-order chi connectivity index (χ0) is 25.0. The Hall–Kier alpha value is -3.93. The molecule has 6 heteroatoms. The second kappa shape index (κ2) is 8.33. The molecule has 0 spiro atoms.